The van der Waals surface area contributed by atoms with Crippen molar-refractivity contribution in [3.05, 3.63) is 54.1 Å². The van der Waals surface area contributed by atoms with Crippen LogP contribution in [0.25, 0.3) is 0 Å². The Morgan fingerprint density at radius 3 is 2.66 bits per heavy atom. The van der Waals surface area contributed by atoms with Crippen LogP contribution in [0, 0.1) is 5.92 Å². The standard InChI is InChI=1S/C24H27N3O5/c1-31-18-10-8-17(9-11-18)27-15-16(13-22(27)28)23(29)26-21-7-3-2-6-20(21)24(30)25-14-19-5-4-12-32-19/h2-3,6-11,16,19H,4-5,12-15H2,1H3,(H,25,30)(H,26,29)/t16-,19-/m0/s1. The molecule has 3 amide bonds. The van der Waals surface area contributed by atoms with Crippen molar-refractivity contribution in [1.29, 1.82) is 0 Å². The molecule has 0 radical (unpaired) electrons. The molecule has 0 aromatic heterocycles. The predicted octanol–water partition coefficient (Wildman–Crippen LogP) is 2.60. The van der Waals surface area contributed by atoms with E-state index in [0.717, 1.165) is 25.1 Å². The maximum Gasteiger partial charge on any atom is 0.253 e. The monoisotopic (exact) mass is 437 g/mol. The third-order valence-electron chi connectivity index (χ3n) is 5.82. The number of nitrogens with one attached hydrogen (secondary N) is 2. The highest BCUT2D eigenvalue weighted by Crippen LogP contribution is 2.28. The van der Waals surface area contributed by atoms with Crippen LogP contribution in [-0.2, 0) is 14.3 Å². The Hall–Kier alpha value is -3.39. The highest BCUT2D eigenvalue weighted by atomic mass is 16.5. The largest absolute Gasteiger partial charge is 0.497 e. The van der Waals surface area contributed by atoms with Gasteiger partial charge in [0.05, 0.1) is 30.4 Å². The fourth-order valence-corrected chi connectivity index (χ4v) is 4.03. The first kappa shape index (κ1) is 21.8. The third kappa shape index (κ3) is 4.91. The SMILES string of the molecule is COc1ccc(N2C[C@@H](C(=O)Nc3ccccc3C(=O)NC[C@@H]3CCCO3)CC2=O)cc1. The first-order valence-corrected chi connectivity index (χ1v) is 10.8. The summed E-state index contributed by atoms with van der Waals surface area (Å²) in [6, 6.07) is 14.0. The lowest BCUT2D eigenvalue weighted by Crippen LogP contribution is -2.33. The van der Waals surface area contributed by atoms with Gasteiger partial charge in [0.25, 0.3) is 5.91 Å². The number of benzene rings is 2. The molecule has 0 aliphatic carbocycles. The van der Waals surface area contributed by atoms with Gasteiger partial charge in [-0.3, -0.25) is 14.4 Å². The van der Waals surface area contributed by atoms with Gasteiger partial charge in [-0.2, -0.15) is 0 Å². The van der Waals surface area contributed by atoms with E-state index >= 15 is 0 Å². The van der Waals surface area contributed by atoms with Gasteiger partial charge in [0.15, 0.2) is 0 Å². The number of hydrogen-bond donors (Lipinski definition) is 2. The van der Waals surface area contributed by atoms with E-state index in [9.17, 15) is 14.4 Å². The van der Waals surface area contributed by atoms with E-state index in [0.29, 0.717) is 23.5 Å². The molecule has 168 valence electrons. The summed E-state index contributed by atoms with van der Waals surface area (Å²) >= 11 is 0. The van der Waals surface area contributed by atoms with E-state index in [-0.39, 0.29) is 36.8 Å². The molecule has 2 atom stereocenters. The molecule has 2 saturated heterocycles. The van der Waals surface area contributed by atoms with Gasteiger partial charge in [-0.1, -0.05) is 12.1 Å². The lowest BCUT2D eigenvalue weighted by molar-refractivity contribution is -0.122. The summed E-state index contributed by atoms with van der Waals surface area (Å²) < 4.78 is 10.7. The number of hydrogen-bond acceptors (Lipinski definition) is 5. The zero-order valence-corrected chi connectivity index (χ0v) is 18.0. The molecular formula is C24H27N3O5. The maximum atomic E-state index is 12.9. The zero-order valence-electron chi connectivity index (χ0n) is 18.0. The lowest BCUT2D eigenvalue weighted by atomic mass is 10.1. The average Bonchev–Trinajstić information content (AvgIpc) is 3.47. The zero-order chi connectivity index (χ0) is 22.5. The Bertz CT molecular complexity index is 985. The number of rotatable bonds is 7. The lowest BCUT2D eigenvalue weighted by Gasteiger charge is -2.18. The predicted molar refractivity (Wildman–Crippen MR) is 120 cm³/mol. The van der Waals surface area contributed by atoms with Gasteiger partial charge in [-0.25, -0.2) is 0 Å². The Morgan fingerprint density at radius 2 is 1.94 bits per heavy atom. The highest BCUT2D eigenvalue weighted by Gasteiger charge is 2.35. The smallest absolute Gasteiger partial charge is 0.253 e. The molecule has 2 fully saturated rings. The molecule has 2 heterocycles. The van der Waals surface area contributed by atoms with E-state index in [1.165, 1.54) is 0 Å². The van der Waals surface area contributed by atoms with Crippen LogP contribution in [0.3, 0.4) is 0 Å². The molecule has 0 unspecified atom stereocenters. The van der Waals surface area contributed by atoms with Crippen molar-refractivity contribution in [1.82, 2.24) is 5.32 Å². The summed E-state index contributed by atoms with van der Waals surface area (Å²) in [5, 5.41) is 5.72. The van der Waals surface area contributed by atoms with E-state index in [1.807, 2.05) is 0 Å². The minimum Gasteiger partial charge on any atom is -0.497 e. The molecule has 0 saturated carbocycles. The molecule has 2 aromatic rings. The third-order valence-corrected chi connectivity index (χ3v) is 5.82. The minimum atomic E-state index is -0.507. The van der Waals surface area contributed by atoms with Crippen molar-refractivity contribution < 1.29 is 23.9 Å². The van der Waals surface area contributed by atoms with E-state index in [1.54, 1.807) is 60.5 Å². The summed E-state index contributed by atoms with van der Waals surface area (Å²) in [6.45, 7) is 1.44. The summed E-state index contributed by atoms with van der Waals surface area (Å²) in [5.41, 5.74) is 1.54. The maximum absolute atomic E-state index is 12.9. The highest BCUT2D eigenvalue weighted by molar-refractivity contribution is 6.07. The molecule has 4 rings (SSSR count). The topological polar surface area (TPSA) is 97.0 Å². The van der Waals surface area contributed by atoms with Gasteiger partial charge in [-0.05, 0) is 49.2 Å². The normalized spacial score (nSPS) is 20.3. The number of nitrogens with zero attached hydrogens (tertiary/aromatic N) is 1. The first-order chi connectivity index (χ1) is 15.5. The Labute approximate surface area is 186 Å². The van der Waals surface area contributed by atoms with Gasteiger partial charge in [-0.15, -0.1) is 0 Å². The van der Waals surface area contributed by atoms with Crippen molar-refractivity contribution in [2.75, 3.05) is 37.0 Å². The molecule has 2 aromatic carbocycles. The molecule has 0 spiro atoms. The molecular weight excluding hydrogens is 410 g/mol. The van der Waals surface area contributed by atoms with Crippen LogP contribution >= 0.6 is 0 Å². The Balaban J connectivity index is 1.39. The second-order valence-corrected chi connectivity index (χ2v) is 7.98. The quantitative estimate of drug-likeness (QED) is 0.694. The van der Waals surface area contributed by atoms with Crippen molar-refractivity contribution in [2.45, 2.75) is 25.4 Å². The molecule has 2 N–H and O–H groups in total. The fourth-order valence-electron chi connectivity index (χ4n) is 4.03. The van der Waals surface area contributed by atoms with Gasteiger partial charge in [0.1, 0.15) is 5.75 Å². The number of ether oxygens (including phenoxy) is 2. The van der Waals surface area contributed by atoms with E-state index < -0.39 is 5.92 Å². The summed E-state index contributed by atoms with van der Waals surface area (Å²) in [6.07, 6.45) is 2.08. The fraction of sp³-hybridized carbons (Fsp3) is 0.375. The van der Waals surface area contributed by atoms with Crippen LogP contribution in [0.5, 0.6) is 5.75 Å². The summed E-state index contributed by atoms with van der Waals surface area (Å²) in [7, 11) is 1.58. The van der Waals surface area contributed by atoms with Crippen LogP contribution < -0.4 is 20.3 Å². The van der Waals surface area contributed by atoms with Crippen molar-refractivity contribution >= 4 is 29.1 Å². The molecule has 0 bridgehead atoms. The number of carbonyl (C=O) groups excluding carboxylic acids is 3. The van der Waals surface area contributed by atoms with Gasteiger partial charge < -0.3 is 25.0 Å². The average molecular weight is 437 g/mol. The van der Waals surface area contributed by atoms with Crippen molar-refractivity contribution in [2.24, 2.45) is 5.92 Å². The minimum absolute atomic E-state index is 0.0362. The van der Waals surface area contributed by atoms with E-state index in [4.69, 9.17) is 9.47 Å². The second-order valence-electron chi connectivity index (χ2n) is 7.98. The van der Waals surface area contributed by atoms with Crippen LogP contribution in [0.2, 0.25) is 0 Å². The van der Waals surface area contributed by atoms with Crippen LogP contribution in [0.1, 0.15) is 29.6 Å². The Kier molecular flexibility index (Phi) is 6.70. The summed E-state index contributed by atoms with van der Waals surface area (Å²) in [4.78, 5) is 39.7. The van der Waals surface area contributed by atoms with Gasteiger partial charge >= 0.3 is 0 Å². The van der Waals surface area contributed by atoms with Crippen molar-refractivity contribution in [3.63, 3.8) is 0 Å². The van der Waals surface area contributed by atoms with Crippen molar-refractivity contribution in [3.8, 4) is 5.75 Å². The van der Waals surface area contributed by atoms with Gasteiger partial charge in [0.2, 0.25) is 11.8 Å². The number of anilines is 2. The number of methoxy groups -OCH3 is 1. The number of amides is 3. The molecule has 32 heavy (non-hydrogen) atoms. The van der Waals surface area contributed by atoms with Gasteiger partial charge in [0, 0.05) is 31.8 Å². The molecule has 2 aliphatic rings. The summed E-state index contributed by atoms with van der Waals surface area (Å²) in [5.74, 6) is -0.470. The van der Waals surface area contributed by atoms with E-state index in [2.05, 4.69) is 10.6 Å². The number of para-hydroxylation sites is 1. The molecule has 8 nitrogen and oxygen atoms in total. The van der Waals surface area contributed by atoms with Crippen LogP contribution in [0.15, 0.2) is 48.5 Å². The van der Waals surface area contributed by atoms with Crippen LogP contribution in [0.4, 0.5) is 11.4 Å². The van der Waals surface area contributed by atoms with Crippen LogP contribution in [-0.4, -0.2) is 50.6 Å². The molecule has 2 aliphatic heterocycles. The Morgan fingerprint density at radius 1 is 1.16 bits per heavy atom. The molecule has 8 heteroatoms. The first-order valence-electron chi connectivity index (χ1n) is 10.8. The number of carbonyl (C=O) groups is 3. The second kappa shape index (κ2) is 9.82.